The zero-order chi connectivity index (χ0) is 29.2. The highest BCUT2D eigenvalue weighted by Crippen LogP contribution is 2.43. The quantitative estimate of drug-likeness (QED) is 0.0428. The number of nitrogens with zero attached hydrogens (tertiary/aromatic N) is 1. The first-order valence-electron chi connectivity index (χ1n) is 15.9. The van der Waals surface area contributed by atoms with Gasteiger partial charge in [0.2, 0.25) is 0 Å². The highest BCUT2D eigenvalue weighted by molar-refractivity contribution is 7.47. The minimum atomic E-state index is -4.21. The van der Waals surface area contributed by atoms with Gasteiger partial charge in [-0.3, -0.25) is 9.05 Å². The molecule has 0 rings (SSSR count). The van der Waals surface area contributed by atoms with Gasteiger partial charge in [0.1, 0.15) is 19.3 Å². The van der Waals surface area contributed by atoms with Crippen molar-refractivity contribution in [3.05, 3.63) is 0 Å². The lowest BCUT2D eigenvalue weighted by Gasteiger charge is -2.24. The lowest BCUT2D eigenvalue weighted by Crippen LogP contribution is -2.37. The Hall–Kier alpha value is -0.660. The molecule has 1 N–H and O–H groups in total. The summed E-state index contributed by atoms with van der Waals surface area (Å²) in [6.45, 7) is 4.64. The lowest BCUT2D eigenvalue weighted by molar-refractivity contribution is -0.870. The summed E-state index contributed by atoms with van der Waals surface area (Å²) in [6.07, 6.45) is 22.6. The fourth-order valence-corrected chi connectivity index (χ4v) is 5.12. The van der Waals surface area contributed by atoms with Gasteiger partial charge in [-0.25, -0.2) is 9.36 Å². The largest absolute Gasteiger partial charge is 0.508 e. The van der Waals surface area contributed by atoms with Crippen LogP contribution in [0.1, 0.15) is 136 Å². The fraction of sp³-hybridized carbons (Fsp3) is 0.967. The van der Waals surface area contributed by atoms with Gasteiger partial charge in [-0.1, -0.05) is 116 Å². The molecule has 0 aliphatic heterocycles. The third kappa shape index (κ3) is 28.7. The summed E-state index contributed by atoms with van der Waals surface area (Å²) in [4.78, 5) is 21.7. The molecule has 0 aliphatic carbocycles. The third-order valence-corrected chi connectivity index (χ3v) is 7.83. The van der Waals surface area contributed by atoms with Crippen LogP contribution in [-0.2, 0) is 23.1 Å². The van der Waals surface area contributed by atoms with E-state index in [-0.39, 0.29) is 19.8 Å². The van der Waals surface area contributed by atoms with E-state index in [9.17, 15) is 14.3 Å². The maximum atomic E-state index is 12.2. The summed E-state index contributed by atoms with van der Waals surface area (Å²) < 4.78 is 33.1. The Morgan fingerprint density at radius 2 is 1.15 bits per heavy atom. The number of carbonyl (C=O) groups excluding carboxylic acids is 1. The first-order chi connectivity index (χ1) is 18.6. The number of ether oxygens (including phenoxy) is 2. The second-order valence-corrected chi connectivity index (χ2v) is 13.3. The highest BCUT2D eigenvalue weighted by Gasteiger charge is 2.26. The number of unbranched alkanes of at least 4 members (excludes halogenated alkanes) is 17. The molecular formula is C30H63NO7P+. The molecule has 0 aromatic rings. The second-order valence-electron chi connectivity index (χ2n) is 11.8. The van der Waals surface area contributed by atoms with E-state index in [4.69, 9.17) is 18.5 Å². The maximum absolute atomic E-state index is 12.2. The molecule has 0 saturated carbocycles. The zero-order valence-electron chi connectivity index (χ0n) is 26.1. The van der Waals surface area contributed by atoms with Gasteiger partial charge in [-0.2, -0.15) is 0 Å². The van der Waals surface area contributed by atoms with Crippen LogP contribution < -0.4 is 0 Å². The van der Waals surface area contributed by atoms with Crippen molar-refractivity contribution >= 4 is 14.0 Å². The predicted molar refractivity (Wildman–Crippen MR) is 160 cm³/mol. The van der Waals surface area contributed by atoms with Gasteiger partial charge < -0.3 is 18.9 Å². The molecule has 2 atom stereocenters. The predicted octanol–water partition coefficient (Wildman–Crippen LogP) is 8.80. The van der Waals surface area contributed by atoms with Crippen molar-refractivity contribution in [2.75, 3.05) is 47.5 Å². The van der Waals surface area contributed by atoms with Crippen molar-refractivity contribution in [3.63, 3.8) is 0 Å². The number of hydrogen-bond acceptors (Lipinski definition) is 6. The Bertz CT molecular complexity index is 613. The van der Waals surface area contributed by atoms with Gasteiger partial charge in [-0.15, -0.1) is 0 Å². The van der Waals surface area contributed by atoms with E-state index in [1.54, 1.807) is 6.92 Å². The van der Waals surface area contributed by atoms with Crippen LogP contribution in [0.2, 0.25) is 0 Å². The summed E-state index contributed by atoms with van der Waals surface area (Å²) in [6, 6.07) is 0. The van der Waals surface area contributed by atoms with Crippen molar-refractivity contribution in [2.24, 2.45) is 0 Å². The lowest BCUT2D eigenvalue weighted by atomic mass is 10.0. The summed E-state index contributed by atoms with van der Waals surface area (Å²) >= 11 is 0. The van der Waals surface area contributed by atoms with Crippen LogP contribution in [0.15, 0.2) is 0 Å². The Kier molecular flexibility index (Phi) is 24.7. The van der Waals surface area contributed by atoms with E-state index in [0.717, 1.165) is 19.3 Å². The molecule has 0 fully saturated rings. The number of phosphoric ester groups is 1. The number of phosphoric acid groups is 1. The minimum absolute atomic E-state index is 0.0972. The molecule has 2 unspecified atom stereocenters. The normalized spacial score (nSPS) is 14.2. The van der Waals surface area contributed by atoms with Crippen molar-refractivity contribution in [2.45, 2.75) is 142 Å². The van der Waals surface area contributed by atoms with Gasteiger partial charge in [0.05, 0.1) is 34.4 Å². The van der Waals surface area contributed by atoms with Crippen LogP contribution in [0.3, 0.4) is 0 Å². The molecule has 8 nitrogen and oxygen atoms in total. The summed E-state index contributed by atoms with van der Waals surface area (Å²) in [5.74, 6) is 0. The van der Waals surface area contributed by atoms with E-state index >= 15 is 0 Å². The van der Waals surface area contributed by atoms with Gasteiger partial charge in [0, 0.05) is 0 Å². The zero-order valence-corrected chi connectivity index (χ0v) is 27.0. The molecule has 0 amide bonds. The molecule has 0 radical (unpaired) electrons. The molecule has 234 valence electrons. The van der Waals surface area contributed by atoms with Crippen LogP contribution in [0.4, 0.5) is 4.79 Å². The SMILES string of the molecule is CCCCCCCCCCCCCCCCCCCCC(COP(=O)(O)OCC[N+](C)(C)C)OC(=O)OCC. The Morgan fingerprint density at radius 3 is 1.56 bits per heavy atom. The smallest absolute Gasteiger partial charge is 0.435 e. The Labute approximate surface area is 240 Å². The van der Waals surface area contributed by atoms with Crippen LogP contribution in [0, 0.1) is 0 Å². The summed E-state index contributed by atoms with van der Waals surface area (Å²) in [5, 5.41) is 0. The first kappa shape index (κ1) is 38.3. The number of carbonyl (C=O) groups is 1. The van der Waals surface area contributed by atoms with Crippen molar-refractivity contribution in [3.8, 4) is 0 Å². The fourth-order valence-electron chi connectivity index (χ4n) is 4.38. The average Bonchev–Trinajstić information content (AvgIpc) is 2.85. The van der Waals surface area contributed by atoms with Crippen LogP contribution in [0.25, 0.3) is 0 Å². The average molecular weight is 581 g/mol. The van der Waals surface area contributed by atoms with Crippen LogP contribution in [-0.4, -0.2) is 69.1 Å². The first-order valence-corrected chi connectivity index (χ1v) is 17.3. The highest BCUT2D eigenvalue weighted by atomic mass is 31.2. The molecule has 0 saturated heterocycles. The summed E-state index contributed by atoms with van der Waals surface area (Å²) in [7, 11) is 1.69. The van der Waals surface area contributed by atoms with E-state index in [1.807, 2.05) is 21.1 Å². The van der Waals surface area contributed by atoms with Crippen molar-refractivity contribution in [1.82, 2.24) is 0 Å². The van der Waals surface area contributed by atoms with Gasteiger partial charge in [0.25, 0.3) is 0 Å². The molecule has 0 aromatic carbocycles. The maximum Gasteiger partial charge on any atom is 0.508 e. The van der Waals surface area contributed by atoms with Crippen molar-refractivity contribution < 1.29 is 37.3 Å². The molecule has 0 aromatic heterocycles. The van der Waals surface area contributed by atoms with Crippen molar-refractivity contribution in [1.29, 1.82) is 0 Å². The standard InChI is InChI=1S/C30H62NO7P/c1-6-8-9-10-11-12-13-14-15-16-17-18-19-20-21-22-23-24-25-29(38-30(32)35-7-2)28-37-39(33,34)36-27-26-31(3,4)5/h29H,6-28H2,1-5H3/p+1. The number of likely N-dealkylation sites (N-methyl/N-ethyl adjacent to an activating group) is 1. The Morgan fingerprint density at radius 1 is 0.718 bits per heavy atom. The molecule has 0 heterocycles. The number of quaternary nitrogens is 1. The molecule has 0 bridgehead atoms. The molecule has 39 heavy (non-hydrogen) atoms. The van der Waals surface area contributed by atoms with E-state index in [0.29, 0.717) is 17.4 Å². The van der Waals surface area contributed by atoms with E-state index in [2.05, 4.69) is 6.92 Å². The van der Waals surface area contributed by atoms with Gasteiger partial charge >= 0.3 is 14.0 Å². The van der Waals surface area contributed by atoms with E-state index < -0.39 is 20.1 Å². The van der Waals surface area contributed by atoms with Crippen LogP contribution in [0.5, 0.6) is 0 Å². The Balaban J connectivity index is 3.89. The number of rotatable bonds is 28. The monoisotopic (exact) mass is 580 g/mol. The summed E-state index contributed by atoms with van der Waals surface area (Å²) in [5.41, 5.74) is 0. The van der Waals surface area contributed by atoms with Gasteiger partial charge in [0.15, 0.2) is 0 Å². The van der Waals surface area contributed by atoms with Crippen LogP contribution >= 0.6 is 7.82 Å². The minimum Gasteiger partial charge on any atom is -0.435 e. The third-order valence-electron chi connectivity index (χ3n) is 6.84. The second kappa shape index (κ2) is 25.1. The van der Waals surface area contributed by atoms with Gasteiger partial charge in [-0.05, 0) is 19.8 Å². The topological polar surface area (TPSA) is 91.3 Å². The molecular weight excluding hydrogens is 517 g/mol. The molecule has 0 spiro atoms. The van der Waals surface area contributed by atoms with E-state index in [1.165, 1.54) is 96.3 Å². The number of hydrogen-bond donors (Lipinski definition) is 1. The molecule has 9 heteroatoms. The molecule has 0 aliphatic rings.